The standard InChI is InChI=1S/C14H23ClN4O/c1-10(2)9-19(8-7-18(3)4)14(20)13-11(15)5-6-12(16)17-13/h5-6,10H,7-9H2,1-4H3,(H2,16,17). The van der Waals surface area contributed by atoms with Crippen molar-refractivity contribution in [3.8, 4) is 0 Å². The van der Waals surface area contributed by atoms with E-state index in [-0.39, 0.29) is 11.6 Å². The van der Waals surface area contributed by atoms with E-state index in [2.05, 4.69) is 18.8 Å². The first kappa shape index (κ1) is 16.7. The van der Waals surface area contributed by atoms with Crippen LogP contribution in [-0.4, -0.2) is 54.4 Å². The summed E-state index contributed by atoms with van der Waals surface area (Å²) in [4.78, 5) is 20.5. The lowest BCUT2D eigenvalue weighted by molar-refractivity contribution is 0.0719. The van der Waals surface area contributed by atoms with Crippen LogP contribution in [0.2, 0.25) is 5.02 Å². The van der Waals surface area contributed by atoms with E-state index in [0.717, 1.165) is 6.54 Å². The molecule has 0 aromatic carbocycles. The number of halogens is 1. The van der Waals surface area contributed by atoms with Gasteiger partial charge in [0, 0.05) is 19.6 Å². The Bertz CT molecular complexity index is 462. The molecule has 0 aliphatic heterocycles. The summed E-state index contributed by atoms with van der Waals surface area (Å²) in [5.41, 5.74) is 5.87. The molecule has 5 nitrogen and oxygen atoms in total. The zero-order valence-corrected chi connectivity index (χ0v) is 13.3. The number of rotatable bonds is 6. The topological polar surface area (TPSA) is 62.5 Å². The molecule has 112 valence electrons. The van der Waals surface area contributed by atoms with Crippen molar-refractivity contribution in [1.82, 2.24) is 14.8 Å². The molecule has 20 heavy (non-hydrogen) atoms. The van der Waals surface area contributed by atoms with E-state index >= 15 is 0 Å². The first-order valence-corrected chi connectivity index (χ1v) is 7.05. The molecular weight excluding hydrogens is 276 g/mol. The van der Waals surface area contributed by atoms with Crippen molar-refractivity contribution in [3.63, 3.8) is 0 Å². The third kappa shape index (κ3) is 4.98. The maximum absolute atomic E-state index is 12.6. The van der Waals surface area contributed by atoms with Crippen molar-refractivity contribution in [2.75, 3.05) is 39.5 Å². The minimum Gasteiger partial charge on any atom is -0.384 e. The van der Waals surface area contributed by atoms with Gasteiger partial charge in [-0.15, -0.1) is 0 Å². The molecule has 6 heteroatoms. The summed E-state index contributed by atoms with van der Waals surface area (Å²) in [7, 11) is 3.95. The van der Waals surface area contributed by atoms with Crippen LogP contribution in [0.25, 0.3) is 0 Å². The Morgan fingerprint density at radius 2 is 2.00 bits per heavy atom. The van der Waals surface area contributed by atoms with E-state index in [4.69, 9.17) is 17.3 Å². The average Bonchev–Trinajstić information content (AvgIpc) is 2.36. The van der Waals surface area contributed by atoms with Crippen LogP contribution < -0.4 is 5.73 Å². The number of aromatic nitrogens is 1. The van der Waals surface area contributed by atoms with Gasteiger partial charge in [0.25, 0.3) is 5.91 Å². The van der Waals surface area contributed by atoms with Gasteiger partial charge in [-0.1, -0.05) is 25.4 Å². The lowest BCUT2D eigenvalue weighted by Gasteiger charge is -2.26. The Kier molecular flexibility index (Phi) is 6.23. The Labute approximate surface area is 125 Å². The molecule has 0 atom stereocenters. The summed E-state index contributed by atoms with van der Waals surface area (Å²) in [6.07, 6.45) is 0. The van der Waals surface area contributed by atoms with Gasteiger partial charge in [-0.25, -0.2) is 4.98 Å². The van der Waals surface area contributed by atoms with Crippen LogP contribution in [0.4, 0.5) is 5.82 Å². The molecule has 2 N–H and O–H groups in total. The number of hydrogen-bond acceptors (Lipinski definition) is 4. The van der Waals surface area contributed by atoms with Gasteiger partial charge in [0.05, 0.1) is 5.02 Å². The molecule has 0 bridgehead atoms. The molecule has 0 radical (unpaired) electrons. The van der Waals surface area contributed by atoms with Gasteiger partial charge in [-0.3, -0.25) is 4.79 Å². The number of nitrogens with zero attached hydrogens (tertiary/aromatic N) is 3. The minimum atomic E-state index is -0.169. The maximum Gasteiger partial charge on any atom is 0.274 e. The summed E-state index contributed by atoms with van der Waals surface area (Å²) in [5, 5.41) is 0.336. The lowest BCUT2D eigenvalue weighted by Crippen LogP contribution is -2.39. The molecule has 1 amide bonds. The zero-order valence-electron chi connectivity index (χ0n) is 12.6. The predicted molar refractivity (Wildman–Crippen MR) is 83.0 cm³/mol. The Balaban J connectivity index is 2.93. The molecule has 1 aromatic rings. The van der Waals surface area contributed by atoms with Gasteiger partial charge < -0.3 is 15.5 Å². The predicted octanol–water partition coefficient (Wildman–Crippen LogP) is 1.98. The minimum absolute atomic E-state index is 0.169. The molecule has 1 aromatic heterocycles. The molecule has 0 aliphatic carbocycles. The number of hydrogen-bond donors (Lipinski definition) is 1. The average molecular weight is 299 g/mol. The summed E-state index contributed by atoms with van der Waals surface area (Å²) in [6, 6.07) is 3.20. The molecule has 0 unspecified atom stereocenters. The lowest BCUT2D eigenvalue weighted by atomic mass is 10.2. The van der Waals surface area contributed by atoms with Crippen molar-refractivity contribution >= 4 is 23.3 Å². The largest absolute Gasteiger partial charge is 0.384 e. The number of pyridine rings is 1. The highest BCUT2D eigenvalue weighted by molar-refractivity contribution is 6.33. The molecule has 0 aliphatic rings. The van der Waals surface area contributed by atoms with Crippen LogP contribution in [-0.2, 0) is 0 Å². The fourth-order valence-corrected chi connectivity index (χ4v) is 1.98. The first-order valence-electron chi connectivity index (χ1n) is 6.67. The van der Waals surface area contributed by atoms with Gasteiger partial charge in [-0.2, -0.15) is 0 Å². The van der Waals surface area contributed by atoms with Gasteiger partial charge in [0.2, 0.25) is 0 Å². The summed E-state index contributed by atoms with van der Waals surface area (Å²) < 4.78 is 0. The van der Waals surface area contributed by atoms with Crippen molar-refractivity contribution in [2.24, 2.45) is 5.92 Å². The van der Waals surface area contributed by atoms with E-state index in [1.54, 1.807) is 17.0 Å². The SMILES string of the molecule is CC(C)CN(CCN(C)C)C(=O)c1nc(N)ccc1Cl. The number of nitrogens with two attached hydrogens (primary N) is 1. The third-order valence-electron chi connectivity index (χ3n) is 2.76. The molecule has 0 saturated heterocycles. The number of nitrogen functional groups attached to an aromatic ring is 1. The normalized spacial score (nSPS) is 11.2. The molecular formula is C14H23ClN4O. The maximum atomic E-state index is 12.6. The monoisotopic (exact) mass is 298 g/mol. The molecule has 0 fully saturated rings. The van der Waals surface area contributed by atoms with Crippen LogP contribution in [0.3, 0.4) is 0 Å². The Morgan fingerprint density at radius 1 is 1.35 bits per heavy atom. The van der Waals surface area contributed by atoms with Crippen LogP contribution in [0, 0.1) is 5.92 Å². The molecule has 0 saturated carbocycles. The van der Waals surface area contributed by atoms with E-state index < -0.39 is 0 Å². The number of carbonyl (C=O) groups excluding carboxylic acids is 1. The summed E-state index contributed by atoms with van der Waals surface area (Å²) in [5.74, 6) is 0.508. The highest BCUT2D eigenvalue weighted by Gasteiger charge is 2.21. The quantitative estimate of drug-likeness (QED) is 0.872. The summed E-state index contributed by atoms with van der Waals surface area (Å²) in [6.45, 7) is 6.24. The van der Waals surface area contributed by atoms with Gasteiger partial charge in [0.15, 0.2) is 0 Å². The van der Waals surface area contributed by atoms with Crippen LogP contribution in [0.1, 0.15) is 24.3 Å². The van der Waals surface area contributed by atoms with E-state index in [9.17, 15) is 4.79 Å². The fraction of sp³-hybridized carbons (Fsp3) is 0.571. The number of anilines is 1. The van der Waals surface area contributed by atoms with Crippen LogP contribution in [0.5, 0.6) is 0 Å². The molecule has 1 heterocycles. The molecule has 1 rings (SSSR count). The van der Waals surface area contributed by atoms with Crippen molar-refractivity contribution in [1.29, 1.82) is 0 Å². The third-order valence-corrected chi connectivity index (χ3v) is 3.06. The van der Waals surface area contributed by atoms with Crippen LogP contribution >= 0.6 is 11.6 Å². The Morgan fingerprint density at radius 3 is 2.55 bits per heavy atom. The second-order valence-electron chi connectivity index (χ2n) is 5.51. The highest BCUT2D eigenvalue weighted by Crippen LogP contribution is 2.17. The smallest absolute Gasteiger partial charge is 0.274 e. The van der Waals surface area contributed by atoms with Crippen molar-refractivity contribution in [2.45, 2.75) is 13.8 Å². The van der Waals surface area contributed by atoms with Gasteiger partial charge >= 0.3 is 0 Å². The second kappa shape index (κ2) is 7.45. The first-order chi connectivity index (χ1) is 9.31. The fourth-order valence-electron chi connectivity index (χ4n) is 1.79. The van der Waals surface area contributed by atoms with Crippen molar-refractivity contribution in [3.05, 3.63) is 22.8 Å². The number of carbonyl (C=O) groups is 1. The highest BCUT2D eigenvalue weighted by atomic mass is 35.5. The van der Waals surface area contributed by atoms with Crippen LogP contribution in [0.15, 0.2) is 12.1 Å². The van der Waals surface area contributed by atoms with E-state index in [1.807, 2.05) is 19.0 Å². The Hall–Kier alpha value is -1.33. The van der Waals surface area contributed by atoms with Gasteiger partial charge in [-0.05, 0) is 32.1 Å². The zero-order chi connectivity index (χ0) is 15.3. The van der Waals surface area contributed by atoms with E-state index in [0.29, 0.717) is 29.8 Å². The number of likely N-dealkylation sites (N-methyl/N-ethyl adjacent to an activating group) is 1. The van der Waals surface area contributed by atoms with E-state index in [1.165, 1.54) is 0 Å². The summed E-state index contributed by atoms with van der Waals surface area (Å²) >= 11 is 6.06. The second-order valence-corrected chi connectivity index (χ2v) is 5.92. The molecule has 0 spiro atoms. The number of amides is 1. The van der Waals surface area contributed by atoms with Crippen molar-refractivity contribution < 1.29 is 4.79 Å². The van der Waals surface area contributed by atoms with Gasteiger partial charge in [0.1, 0.15) is 11.5 Å².